The average Bonchev–Trinajstić information content (AvgIpc) is 3.32. The number of thiophene rings is 1. The standard InChI is InChI=1S/C19H19FN4O2S/c20-15-5-2-1-4-14(15)18(25)23-9-7-13(8-10-23)12-16-21-22-19(26)24(16)17-6-3-11-27-17/h1-6,11,13H,7-10,12H2,(H,22,26). The van der Waals surface area contributed by atoms with Crippen molar-refractivity contribution in [3.63, 3.8) is 0 Å². The summed E-state index contributed by atoms with van der Waals surface area (Å²) in [5.41, 5.74) is -0.116. The molecule has 27 heavy (non-hydrogen) atoms. The Labute approximate surface area is 159 Å². The van der Waals surface area contributed by atoms with E-state index in [0.717, 1.165) is 17.8 Å². The summed E-state index contributed by atoms with van der Waals surface area (Å²) in [5.74, 6) is 0.285. The van der Waals surface area contributed by atoms with Crippen LogP contribution in [0.2, 0.25) is 0 Å². The molecule has 140 valence electrons. The Morgan fingerprint density at radius 3 is 2.70 bits per heavy atom. The summed E-state index contributed by atoms with van der Waals surface area (Å²) in [6, 6.07) is 9.87. The van der Waals surface area contributed by atoms with E-state index in [1.54, 1.807) is 21.6 Å². The molecule has 0 saturated carbocycles. The second kappa shape index (κ2) is 7.48. The molecule has 1 amide bonds. The molecule has 4 rings (SSSR count). The molecular formula is C19H19FN4O2S. The number of carbonyl (C=O) groups excluding carboxylic acids is 1. The number of likely N-dealkylation sites (tertiary alicyclic amines) is 1. The fourth-order valence-electron chi connectivity index (χ4n) is 3.49. The number of rotatable bonds is 4. The maximum Gasteiger partial charge on any atom is 0.348 e. The number of aromatic amines is 1. The summed E-state index contributed by atoms with van der Waals surface area (Å²) in [7, 11) is 0. The van der Waals surface area contributed by atoms with Crippen LogP contribution in [0.1, 0.15) is 29.0 Å². The van der Waals surface area contributed by atoms with Crippen molar-refractivity contribution in [2.24, 2.45) is 5.92 Å². The summed E-state index contributed by atoms with van der Waals surface area (Å²) in [6.07, 6.45) is 2.26. The van der Waals surface area contributed by atoms with Crippen molar-refractivity contribution >= 4 is 17.2 Å². The molecule has 1 fully saturated rings. The van der Waals surface area contributed by atoms with Crippen molar-refractivity contribution in [1.29, 1.82) is 0 Å². The highest BCUT2D eigenvalue weighted by Gasteiger charge is 2.26. The van der Waals surface area contributed by atoms with Crippen molar-refractivity contribution in [3.8, 4) is 5.00 Å². The Morgan fingerprint density at radius 1 is 1.22 bits per heavy atom. The molecule has 0 aliphatic carbocycles. The van der Waals surface area contributed by atoms with Crippen LogP contribution in [0.25, 0.3) is 5.00 Å². The van der Waals surface area contributed by atoms with Gasteiger partial charge in [0.1, 0.15) is 16.6 Å². The van der Waals surface area contributed by atoms with Crippen LogP contribution in [-0.4, -0.2) is 38.7 Å². The molecule has 0 spiro atoms. The van der Waals surface area contributed by atoms with Crippen LogP contribution in [0, 0.1) is 11.7 Å². The molecule has 1 aliphatic heterocycles. The van der Waals surface area contributed by atoms with Crippen LogP contribution in [0.4, 0.5) is 4.39 Å². The number of halogens is 1. The van der Waals surface area contributed by atoms with Crippen molar-refractivity contribution < 1.29 is 9.18 Å². The van der Waals surface area contributed by atoms with E-state index in [1.807, 2.05) is 17.5 Å². The maximum atomic E-state index is 13.8. The first-order valence-electron chi connectivity index (χ1n) is 8.87. The van der Waals surface area contributed by atoms with Gasteiger partial charge in [-0.2, -0.15) is 5.10 Å². The molecule has 1 N–H and O–H groups in total. The van der Waals surface area contributed by atoms with Gasteiger partial charge in [0, 0.05) is 19.5 Å². The van der Waals surface area contributed by atoms with E-state index in [2.05, 4.69) is 10.2 Å². The van der Waals surface area contributed by atoms with Crippen LogP contribution in [0.15, 0.2) is 46.6 Å². The van der Waals surface area contributed by atoms with Gasteiger partial charge < -0.3 is 4.90 Å². The maximum absolute atomic E-state index is 13.8. The molecular weight excluding hydrogens is 367 g/mol. The highest BCUT2D eigenvalue weighted by atomic mass is 32.1. The Bertz CT molecular complexity index is 987. The minimum Gasteiger partial charge on any atom is -0.339 e. The minimum atomic E-state index is -0.485. The van der Waals surface area contributed by atoms with Crippen molar-refractivity contribution in [3.05, 3.63) is 69.5 Å². The van der Waals surface area contributed by atoms with E-state index in [0.29, 0.717) is 31.3 Å². The molecule has 8 heteroatoms. The SMILES string of the molecule is O=C(c1ccccc1F)N1CCC(Cc2n[nH]c(=O)n2-c2cccs2)CC1. The lowest BCUT2D eigenvalue weighted by atomic mass is 9.93. The third-order valence-corrected chi connectivity index (χ3v) is 5.80. The third kappa shape index (κ3) is 3.57. The zero-order valence-electron chi connectivity index (χ0n) is 14.6. The number of hydrogen-bond acceptors (Lipinski definition) is 4. The van der Waals surface area contributed by atoms with E-state index in [9.17, 15) is 14.0 Å². The first-order chi connectivity index (χ1) is 13.1. The Balaban J connectivity index is 1.42. The van der Waals surface area contributed by atoms with Gasteiger partial charge in [-0.3, -0.25) is 4.79 Å². The summed E-state index contributed by atoms with van der Waals surface area (Å²) < 4.78 is 15.5. The van der Waals surface area contributed by atoms with Crippen LogP contribution >= 0.6 is 11.3 Å². The van der Waals surface area contributed by atoms with Crippen LogP contribution in [0.5, 0.6) is 0 Å². The second-order valence-electron chi connectivity index (χ2n) is 6.65. The van der Waals surface area contributed by atoms with Crippen molar-refractivity contribution in [2.45, 2.75) is 19.3 Å². The normalized spacial score (nSPS) is 15.2. The number of hydrogen-bond donors (Lipinski definition) is 1. The number of nitrogens with zero attached hydrogens (tertiary/aromatic N) is 3. The van der Waals surface area contributed by atoms with E-state index < -0.39 is 5.82 Å². The molecule has 1 aromatic carbocycles. The molecule has 1 aliphatic rings. The lowest BCUT2D eigenvalue weighted by molar-refractivity contribution is 0.0685. The number of benzene rings is 1. The molecule has 3 heterocycles. The number of carbonyl (C=O) groups is 1. The van der Waals surface area contributed by atoms with Gasteiger partial charge in [0.25, 0.3) is 5.91 Å². The first-order valence-corrected chi connectivity index (χ1v) is 9.75. The lowest BCUT2D eigenvalue weighted by Gasteiger charge is -2.32. The smallest absolute Gasteiger partial charge is 0.339 e. The van der Waals surface area contributed by atoms with Gasteiger partial charge in [-0.05, 0) is 48.4 Å². The zero-order valence-corrected chi connectivity index (χ0v) is 15.4. The van der Waals surface area contributed by atoms with Gasteiger partial charge in [0.15, 0.2) is 0 Å². The predicted octanol–water partition coefficient (Wildman–Crippen LogP) is 2.86. The highest BCUT2D eigenvalue weighted by molar-refractivity contribution is 7.12. The third-order valence-electron chi connectivity index (χ3n) is 4.95. The topological polar surface area (TPSA) is 71.0 Å². The van der Waals surface area contributed by atoms with Gasteiger partial charge in [0.2, 0.25) is 0 Å². The summed E-state index contributed by atoms with van der Waals surface area (Å²) in [5, 5.41) is 9.47. The predicted molar refractivity (Wildman–Crippen MR) is 101 cm³/mol. The zero-order chi connectivity index (χ0) is 18.8. The van der Waals surface area contributed by atoms with Gasteiger partial charge in [-0.1, -0.05) is 12.1 Å². The van der Waals surface area contributed by atoms with E-state index in [4.69, 9.17) is 0 Å². The monoisotopic (exact) mass is 386 g/mol. The lowest BCUT2D eigenvalue weighted by Crippen LogP contribution is -2.39. The minimum absolute atomic E-state index is 0.120. The highest BCUT2D eigenvalue weighted by Crippen LogP contribution is 2.24. The van der Waals surface area contributed by atoms with Crippen LogP contribution < -0.4 is 5.69 Å². The molecule has 0 unspecified atom stereocenters. The summed E-state index contributed by atoms with van der Waals surface area (Å²) in [6.45, 7) is 1.15. The fourth-order valence-corrected chi connectivity index (χ4v) is 4.24. The summed E-state index contributed by atoms with van der Waals surface area (Å²) >= 11 is 1.49. The number of nitrogens with one attached hydrogen (secondary N) is 1. The number of amides is 1. The van der Waals surface area contributed by atoms with E-state index >= 15 is 0 Å². The van der Waals surface area contributed by atoms with Gasteiger partial charge in [-0.15, -0.1) is 11.3 Å². The molecule has 6 nitrogen and oxygen atoms in total. The summed E-state index contributed by atoms with van der Waals surface area (Å²) in [4.78, 5) is 26.3. The van der Waals surface area contributed by atoms with E-state index in [-0.39, 0.29) is 17.2 Å². The van der Waals surface area contributed by atoms with Crippen LogP contribution in [0.3, 0.4) is 0 Å². The second-order valence-corrected chi connectivity index (χ2v) is 7.58. The van der Waals surface area contributed by atoms with Crippen molar-refractivity contribution in [1.82, 2.24) is 19.7 Å². The first kappa shape index (κ1) is 17.7. The molecule has 3 aromatic rings. The van der Waals surface area contributed by atoms with Crippen LogP contribution in [-0.2, 0) is 6.42 Å². The quantitative estimate of drug-likeness (QED) is 0.750. The fraction of sp³-hybridized carbons (Fsp3) is 0.316. The van der Waals surface area contributed by atoms with Crippen molar-refractivity contribution in [2.75, 3.05) is 13.1 Å². The number of aromatic nitrogens is 3. The Hall–Kier alpha value is -2.74. The Kier molecular flexibility index (Phi) is 4.89. The van der Waals surface area contributed by atoms with Gasteiger partial charge in [-0.25, -0.2) is 18.9 Å². The van der Waals surface area contributed by atoms with E-state index in [1.165, 1.54) is 23.5 Å². The number of H-pyrrole nitrogens is 1. The average molecular weight is 386 g/mol. The molecule has 2 aromatic heterocycles. The van der Waals surface area contributed by atoms with Gasteiger partial charge >= 0.3 is 5.69 Å². The Morgan fingerprint density at radius 2 is 2.00 bits per heavy atom. The molecule has 1 saturated heterocycles. The largest absolute Gasteiger partial charge is 0.348 e. The molecule has 0 atom stereocenters. The molecule has 0 radical (unpaired) electrons. The number of piperidine rings is 1. The molecule has 0 bridgehead atoms. The van der Waals surface area contributed by atoms with Gasteiger partial charge in [0.05, 0.1) is 5.56 Å².